The van der Waals surface area contributed by atoms with Crippen molar-refractivity contribution in [2.75, 3.05) is 18.9 Å². The third-order valence-corrected chi connectivity index (χ3v) is 6.14. The van der Waals surface area contributed by atoms with Crippen LogP contribution in [0.4, 0.5) is 0 Å². The molecule has 0 aliphatic carbocycles. The van der Waals surface area contributed by atoms with Crippen LogP contribution in [-0.4, -0.2) is 30.2 Å². The van der Waals surface area contributed by atoms with E-state index < -0.39 is 0 Å². The number of hydrogen-bond acceptors (Lipinski definition) is 3. The SMILES string of the molecule is CCNC(CCc1ccc2c(c1)CCO2)C1CCCCS1. The lowest BCUT2D eigenvalue weighted by Gasteiger charge is -2.30. The Bertz CT molecular complexity index is 457. The summed E-state index contributed by atoms with van der Waals surface area (Å²) in [7, 11) is 0. The molecule has 2 heterocycles. The van der Waals surface area contributed by atoms with Gasteiger partial charge in [-0.15, -0.1) is 0 Å². The van der Waals surface area contributed by atoms with E-state index in [9.17, 15) is 0 Å². The molecule has 0 bridgehead atoms. The summed E-state index contributed by atoms with van der Waals surface area (Å²) in [6, 6.07) is 7.44. The summed E-state index contributed by atoms with van der Waals surface area (Å²) in [4.78, 5) is 0. The minimum atomic E-state index is 0.671. The Labute approximate surface area is 133 Å². The van der Waals surface area contributed by atoms with Gasteiger partial charge in [0.1, 0.15) is 5.75 Å². The highest BCUT2D eigenvalue weighted by atomic mass is 32.2. The Morgan fingerprint density at radius 1 is 1.38 bits per heavy atom. The van der Waals surface area contributed by atoms with Crippen LogP contribution in [0.15, 0.2) is 18.2 Å². The molecule has 3 heteroatoms. The second-order valence-corrected chi connectivity index (χ2v) is 7.50. The van der Waals surface area contributed by atoms with Crippen LogP contribution in [0.5, 0.6) is 5.75 Å². The highest BCUT2D eigenvalue weighted by Gasteiger charge is 2.23. The zero-order valence-electron chi connectivity index (χ0n) is 13.1. The fourth-order valence-electron chi connectivity index (χ4n) is 3.48. The molecule has 1 fully saturated rings. The van der Waals surface area contributed by atoms with Crippen LogP contribution in [0.3, 0.4) is 0 Å². The summed E-state index contributed by atoms with van der Waals surface area (Å²) >= 11 is 2.18. The summed E-state index contributed by atoms with van der Waals surface area (Å²) in [5, 5.41) is 4.55. The molecule has 2 nitrogen and oxygen atoms in total. The van der Waals surface area contributed by atoms with Crippen LogP contribution in [0, 0.1) is 0 Å². The van der Waals surface area contributed by atoms with Crippen molar-refractivity contribution < 1.29 is 4.74 Å². The van der Waals surface area contributed by atoms with E-state index in [4.69, 9.17) is 4.74 Å². The Morgan fingerprint density at radius 2 is 2.33 bits per heavy atom. The van der Waals surface area contributed by atoms with E-state index in [0.29, 0.717) is 6.04 Å². The van der Waals surface area contributed by atoms with Crippen LogP contribution in [0.25, 0.3) is 0 Å². The van der Waals surface area contributed by atoms with Crippen molar-refractivity contribution >= 4 is 11.8 Å². The molecule has 3 rings (SSSR count). The van der Waals surface area contributed by atoms with Gasteiger partial charge in [0.05, 0.1) is 6.61 Å². The van der Waals surface area contributed by atoms with Gasteiger partial charge in [-0.2, -0.15) is 11.8 Å². The fourth-order valence-corrected chi connectivity index (χ4v) is 4.95. The number of aryl methyl sites for hydroxylation is 1. The van der Waals surface area contributed by atoms with Gasteiger partial charge in [-0.1, -0.05) is 25.5 Å². The lowest BCUT2D eigenvalue weighted by atomic mass is 9.98. The molecule has 0 aromatic heterocycles. The van der Waals surface area contributed by atoms with Crippen LogP contribution in [0.2, 0.25) is 0 Å². The van der Waals surface area contributed by atoms with Crippen LogP contribution < -0.4 is 10.1 Å². The highest BCUT2D eigenvalue weighted by Crippen LogP contribution is 2.30. The average Bonchev–Trinajstić information content (AvgIpc) is 3.00. The van der Waals surface area contributed by atoms with E-state index in [0.717, 1.165) is 30.6 Å². The number of fused-ring (bicyclic) bond motifs is 1. The molecule has 0 amide bonds. The van der Waals surface area contributed by atoms with Crippen LogP contribution >= 0.6 is 11.8 Å². The molecule has 1 aromatic carbocycles. The minimum Gasteiger partial charge on any atom is -0.493 e. The molecule has 2 atom stereocenters. The predicted octanol–water partition coefficient (Wildman–Crippen LogP) is 3.82. The van der Waals surface area contributed by atoms with Crippen molar-refractivity contribution in [3.05, 3.63) is 29.3 Å². The summed E-state index contributed by atoms with van der Waals surface area (Å²) in [6.07, 6.45) is 7.73. The molecular formula is C18H27NOS. The first-order valence-corrected chi connectivity index (χ1v) is 9.51. The van der Waals surface area contributed by atoms with Gasteiger partial charge in [0, 0.05) is 17.7 Å². The van der Waals surface area contributed by atoms with Crippen LogP contribution in [0.1, 0.15) is 43.7 Å². The summed E-state index contributed by atoms with van der Waals surface area (Å²) < 4.78 is 5.60. The number of benzene rings is 1. The van der Waals surface area contributed by atoms with Gasteiger partial charge in [-0.3, -0.25) is 0 Å². The second-order valence-electron chi connectivity index (χ2n) is 6.15. The quantitative estimate of drug-likeness (QED) is 0.863. The van der Waals surface area contributed by atoms with Crippen molar-refractivity contribution in [3.8, 4) is 5.75 Å². The fraction of sp³-hybridized carbons (Fsp3) is 0.667. The molecule has 21 heavy (non-hydrogen) atoms. The highest BCUT2D eigenvalue weighted by molar-refractivity contribution is 8.00. The molecule has 116 valence electrons. The van der Waals surface area contributed by atoms with Gasteiger partial charge in [0.25, 0.3) is 0 Å². The van der Waals surface area contributed by atoms with Gasteiger partial charge in [-0.05, 0) is 55.2 Å². The Morgan fingerprint density at radius 3 is 3.14 bits per heavy atom. The lowest BCUT2D eigenvalue weighted by molar-refractivity contribution is 0.357. The van der Waals surface area contributed by atoms with E-state index in [2.05, 4.69) is 42.2 Å². The average molecular weight is 305 g/mol. The molecule has 2 unspecified atom stereocenters. The number of rotatable bonds is 6. The molecule has 1 aromatic rings. The molecule has 1 N–H and O–H groups in total. The largest absolute Gasteiger partial charge is 0.493 e. The van der Waals surface area contributed by atoms with Crippen LogP contribution in [-0.2, 0) is 12.8 Å². The third kappa shape index (κ3) is 3.95. The Hall–Kier alpha value is -0.670. The van der Waals surface area contributed by atoms with E-state index >= 15 is 0 Å². The molecule has 2 aliphatic heterocycles. The Balaban J connectivity index is 1.58. The first kappa shape index (κ1) is 15.2. The predicted molar refractivity (Wildman–Crippen MR) is 91.5 cm³/mol. The minimum absolute atomic E-state index is 0.671. The maximum atomic E-state index is 5.60. The first-order chi connectivity index (χ1) is 10.4. The van der Waals surface area contributed by atoms with E-state index in [1.54, 1.807) is 0 Å². The smallest absolute Gasteiger partial charge is 0.122 e. The monoisotopic (exact) mass is 305 g/mol. The van der Waals surface area contributed by atoms with Gasteiger partial charge in [-0.25, -0.2) is 0 Å². The number of hydrogen-bond donors (Lipinski definition) is 1. The maximum absolute atomic E-state index is 5.60. The number of ether oxygens (including phenoxy) is 1. The zero-order valence-corrected chi connectivity index (χ0v) is 13.9. The first-order valence-electron chi connectivity index (χ1n) is 8.46. The van der Waals surface area contributed by atoms with Crippen molar-refractivity contribution in [1.82, 2.24) is 5.32 Å². The number of nitrogens with one attached hydrogen (secondary N) is 1. The maximum Gasteiger partial charge on any atom is 0.122 e. The molecule has 0 radical (unpaired) electrons. The normalized spacial score (nSPS) is 22.6. The van der Waals surface area contributed by atoms with Crippen molar-refractivity contribution in [2.45, 2.75) is 56.7 Å². The molecule has 0 saturated carbocycles. The van der Waals surface area contributed by atoms with Gasteiger partial charge < -0.3 is 10.1 Å². The standard InChI is InChI=1S/C18H27NOS/c1-2-19-16(18-5-3-4-12-21-18)8-6-14-7-9-17-15(13-14)10-11-20-17/h7,9,13,16,18-19H,2-6,8,10-12H2,1H3. The van der Waals surface area contributed by atoms with Gasteiger partial charge in [0.15, 0.2) is 0 Å². The molecule has 0 spiro atoms. The molecular weight excluding hydrogens is 278 g/mol. The number of thioether (sulfide) groups is 1. The molecule has 2 aliphatic rings. The van der Waals surface area contributed by atoms with Crippen molar-refractivity contribution in [3.63, 3.8) is 0 Å². The Kier molecular flexibility index (Phi) is 5.48. The van der Waals surface area contributed by atoms with E-state index in [1.165, 1.54) is 49.0 Å². The zero-order chi connectivity index (χ0) is 14.5. The van der Waals surface area contributed by atoms with Gasteiger partial charge >= 0.3 is 0 Å². The van der Waals surface area contributed by atoms with E-state index in [-0.39, 0.29) is 0 Å². The van der Waals surface area contributed by atoms with Crippen molar-refractivity contribution in [1.29, 1.82) is 0 Å². The lowest BCUT2D eigenvalue weighted by Crippen LogP contribution is -2.39. The van der Waals surface area contributed by atoms with E-state index in [1.807, 2.05) is 0 Å². The topological polar surface area (TPSA) is 21.3 Å². The second kappa shape index (κ2) is 7.55. The summed E-state index contributed by atoms with van der Waals surface area (Å²) in [5.74, 6) is 2.45. The van der Waals surface area contributed by atoms with Gasteiger partial charge in [0.2, 0.25) is 0 Å². The summed E-state index contributed by atoms with van der Waals surface area (Å²) in [5.41, 5.74) is 2.88. The summed E-state index contributed by atoms with van der Waals surface area (Å²) in [6.45, 7) is 4.17. The third-order valence-electron chi connectivity index (χ3n) is 4.63. The molecule has 1 saturated heterocycles. The van der Waals surface area contributed by atoms with Crippen molar-refractivity contribution in [2.24, 2.45) is 0 Å².